The number of nitriles is 1. The Labute approximate surface area is 131 Å². The van der Waals surface area contributed by atoms with Gasteiger partial charge in [0.25, 0.3) is 0 Å². The van der Waals surface area contributed by atoms with Crippen molar-refractivity contribution in [3.8, 4) is 6.07 Å². The van der Waals surface area contributed by atoms with Crippen LogP contribution in [0, 0.1) is 17.2 Å². The maximum Gasteiger partial charge on any atom is 0.241 e. The van der Waals surface area contributed by atoms with Gasteiger partial charge in [0.1, 0.15) is 6.04 Å². The smallest absolute Gasteiger partial charge is 0.241 e. The quantitative estimate of drug-likeness (QED) is 0.911. The first-order valence-corrected chi connectivity index (χ1v) is 8.23. The second-order valence-electron chi connectivity index (χ2n) is 6.51. The topological polar surface area (TPSA) is 70.1 Å². The number of nitrogens with two attached hydrogens (primary N) is 1. The van der Waals surface area contributed by atoms with Crippen LogP contribution in [-0.4, -0.2) is 22.9 Å². The molecule has 1 amide bonds. The van der Waals surface area contributed by atoms with Crippen molar-refractivity contribution in [2.24, 2.45) is 11.7 Å². The van der Waals surface area contributed by atoms with Crippen LogP contribution in [0.1, 0.15) is 43.2 Å². The molecule has 2 N–H and O–H groups in total. The molecule has 1 fully saturated rings. The highest BCUT2D eigenvalue weighted by Gasteiger charge is 2.35. The number of fused-ring (bicyclic) bond motifs is 1. The van der Waals surface area contributed by atoms with Crippen molar-refractivity contribution in [3.63, 3.8) is 0 Å². The van der Waals surface area contributed by atoms with Gasteiger partial charge < -0.3 is 10.6 Å². The van der Waals surface area contributed by atoms with E-state index in [9.17, 15) is 10.1 Å². The van der Waals surface area contributed by atoms with Crippen LogP contribution in [0.4, 0.5) is 0 Å². The second kappa shape index (κ2) is 6.50. The number of carbonyl (C=O) groups excluding carboxylic acids is 1. The van der Waals surface area contributed by atoms with Crippen LogP contribution in [0.3, 0.4) is 0 Å². The molecule has 0 bridgehead atoms. The maximum atomic E-state index is 12.8. The van der Waals surface area contributed by atoms with Gasteiger partial charge in [0.2, 0.25) is 5.91 Å². The van der Waals surface area contributed by atoms with Crippen LogP contribution >= 0.6 is 0 Å². The molecule has 22 heavy (non-hydrogen) atoms. The fourth-order valence-electron chi connectivity index (χ4n) is 3.76. The van der Waals surface area contributed by atoms with E-state index in [0.717, 1.165) is 31.2 Å². The zero-order valence-corrected chi connectivity index (χ0v) is 12.9. The van der Waals surface area contributed by atoms with Crippen molar-refractivity contribution in [3.05, 3.63) is 35.4 Å². The molecule has 1 aromatic rings. The third kappa shape index (κ3) is 2.86. The lowest BCUT2D eigenvalue weighted by molar-refractivity contribution is -0.136. The van der Waals surface area contributed by atoms with Crippen LogP contribution in [0.2, 0.25) is 0 Å². The van der Waals surface area contributed by atoms with Crippen LogP contribution in [0.25, 0.3) is 0 Å². The van der Waals surface area contributed by atoms with E-state index in [-0.39, 0.29) is 11.8 Å². The number of hydrogen-bond donors (Lipinski definition) is 1. The van der Waals surface area contributed by atoms with E-state index in [1.54, 1.807) is 4.90 Å². The number of rotatable bonds is 2. The van der Waals surface area contributed by atoms with Crippen LogP contribution in [-0.2, 0) is 17.8 Å². The first-order valence-electron chi connectivity index (χ1n) is 8.23. The summed E-state index contributed by atoms with van der Waals surface area (Å²) in [6.07, 6.45) is 6.25. The minimum absolute atomic E-state index is 0.0482. The molecule has 0 unspecified atom stereocenters. The van der Waals surface area contributed by atoms with Gasteiger partial charge in [0.05, 0.1) is 12.1 Å². The summed E-state index contributed by atoms with van der Waals surface area (Å²) in [7, 11) is 0. The van der Waals surface area contributed by atoms with E-state index in [0.29, 0.717) is 13.0 Å². The molecule has 116 valence electrons. The lowest BCUT2D eigenvalue weighted by Crippen LogP contribution is -2.53. The minimum Gasteiger partial charge on any atom is -0.321 e. The number of amides is 1. The van der Waals surface area contributed by atoms with E-state index < -0.39 is 12.1 Å². The fraction of sp³-hybridized carbons (Fsp3) is 0.556. The van der Waals surface area contributed by atoms with Crippen molar-refractivity contribution >= 4 is 5.91 Å². The molecule has 4 nitrogen and oxygen atoms in total. The molecule has 0 radical (unpaired) electrons. The van der Waals surface area contributed by atoms with Gasteiger partial charge in [-0.25, -0.2) is 0 Å². The summed E-state index contributed by atoms with van der Waals surface area (Å²) < 4.78 is 0. The summed E-state index contributed by atoms with van der Waals surface area (Å²) in [6, 6.07) is 9.48. The van der Waals surface area contributed by atoms with Crippen molar-refractivity contribution in [2.75, 3.05) is 0 Å². The number of carbonyl (C=O) groups is 1. The van der Waals surface area contributed by atoms with E-state index >= 15 is 0 Å². The summed E-state index contributed by atoms with van der Waals surface area (Å²) in [6.45, 7) is 0.508. The fourth-order valence-corrected chi connectivity index (χ4v) is 3.76. The Bertz CT molecular complexity index is 586. The molecule has 0 spiro atoms. The predicted molar refractivity (Wildman–Crippen MR) is 84.6 cm³/mol. The Hall–Kier alpha value is -1.86. The van der Waals surface area contributed by atoms with Gasteiger partial charge in [-0.15, -0.1) is 0 Å². The summed E-state index contributed by atoms with van der Waals surface area (Å²) in [4.78, 5) is 14.5. The molecular weight excluding hydrogens is 274 g/mol. The molecule has 0 aromatic heterocycles. The molecular formula is C18H23N3O. The maximum absolute atomic E-state index is 12.8. The van der Waals surface area contributed by atoms with E-state index in [4.69, 9.17) is 5.73 Å². The Balaban J connectivity index is 1.77. The molecule has 3 rings (SSSR count). The Morgan fingerprint density at radius 1 is 1.23 bits per heavy atom. The monoisotopic (exact) mass is 297 g/mol. The minimum atomic E-state index is -0.457. The van der Waals surface area contributed by atoms with E-state index in [1.165, 1.54) is 12.0 Å². The van der Waals surface area contributed by atoms with Gasteiger partial charge >= 0.3 is 0 Å². The van der Waals surface area contributed by atoms with Gasteiger partial charge in [-0.3, -0.25) is 4.79 Å². The van der Waals surface area contributed by atoms with Gasteiger partial charge in [-0.1, -0.05) is 43.5 Å². The third-order valence-electron chi connectivity index (χ3n) is 5.12. The molecule has 1 saturated carbocycles. The molecule has 0 saturated heterocycles. The van der Waals surface area contributed by atoms with Gasteiger partial charge in [-0.2, -0.15) is 5.26 Å². The number of hydrogen-bond acceptors (Lipinski definition) is 3. The lowest BCUT2D eigenvalue weighted by Gasteiger charge is -2.37. The van der Waals surface area contributed by atoms with E-state index in [1.807, 2.05) is 24.3 Å². The molecule has 2 aliphatic rings. The van der Waals surface area contributed by atoms with E-state index in [2.05, 4.69) is 6.07 Å². The Morgan fingerprint density at radius 3 is 2.59 bits per heavy atom. The number of benzene rings is 1. The SMILES string of the molecule is N#C[C@@H]1Cc2ccccc2CN1C(=O)[C@@H](N)C1CCCCC1. The van der Waals surface area contributed by atoms with Crippen molar-refractivity contribution in [1.82, 2.24) is 4.90 Å². The van der Waals surface area contributed by atoms with Crippen molar-refractivity contribution < 1.29 is 4.79 Å². The average molecular weight is 297 g/mol. The summed E-state index contributed by atoms with van der Waals surface area (Å²) in [5.74, 6) is 0.228. The van der Waals surface area contributed by atoms with Crippen LogP contribution in [0.5, 0.6) is 0 Å². The molecule has 1 aliphatic carbocycles. The number of nitrogens with zero attached hydrogens (tertiary/aromatic N) is 2. The predicted octanol–water partition coefficient (Wildman–Crippen LogP) is 2.37. The first-order chi connectivity index (χ1) is 10.7. The highest BCUT2D eigenvalue weighted by atomic mass is 16.2. The summed E-state index contributed by atoms with van der Waals surface area (Å²) in [5.41, 5.74) is 8.57. The van der Waals surface area contributed by atoms with Crippen molar-refractivity contribution in [1.29, 1.82) is 5.26 Å². The first kappa shape index (κ1) is 15.1. The molecule has 4 heteroatoms. The second-order valence-corrected chi connectivity index (χ2v) is 6.51. The molecule has 2 atom stereocenters. The average Bonchev–Trinajstić information content (AvgIpc) is 2.60. The Kier molecular flexibility index (Phi) is 4.44. The Morgan fingerprint density at radius 2 is 1.91 bits per heavy atom. The van der Waals surface area contributed by atoms with Gasteiger partial charge in [0, 0.05) is 13.0 Å². The third-order valence-corrected chi connectivity index (χ3v) is 5.12. The molecule has 1 aliphatic heterocycles. The zero-order valence-electron chi connectivity index (χ0n) is 12.9. The largest absolute Gasteiger partial charge is 0.321 e. The highest BCUT2D eigenvalue weighted by Crippen LogP contribution is 2.29. The van der Waals surface area contributed by atoms with Crippen LogP contribution in [0.15, 0.2) is 24.3 Å². The lowest BCUT2D eigenvalue weighted by atomic mass is 9.83. The zero-order chi connectivity index (χ0) is 15.5. The standard InChI is InChI=1S/C18H23N3O/c19-11-16-10-14-8-4-5-9-15(14)12-21(16)18(22)17(20)13-6-2-1-3-7-13/h4-5,8-9,13,16-17H,1-3,6-7,10,12,20H2/t16-,17-/m0/s1. The normalized spacial score (nSPS) is 23.5. The summed E-state index contributed by atoms with van der Waals surface area (Å²) in [5, 5.41) is 9.44. The van der Waals surface area contributed by atoms with Crippen molar-refractivity contribution in [2.45, 2.75) is 57.2 Å². The molecule has 1 heterocycles. The van der Waals surface area contributed by atoms with Gasteiger partial charge in [-0.05, 0) is 29.9 Å². The van der Waals surface area contributed by atoms with Crippen LogP contribution < -0.4 is 5.73 Å². The highest BCUT2D eigenvalue weighted by molar-refractivity contribution is 5.83. The molecule has 1 aromatic carbocycles. The van der Waals surface area contributed by atoms with Gasteiger partial charge in [0.15, 0.2) is 0 Å². The summed E-state index contributed by atoms with van der Waals surface area (Å²) >= 11 is 0.